The second-order valence-corrected chi connectivity index (χ2v) is 4.94. The van der Waals surface area contributed by atoms with Crippen molar-refractivity contribution in [2.45, 2.75) is 19.3 Å². The predicted octanol–water partition coefficient (Wildman–Crippen LogP) is 2.24. The number of carbonyl (C=O) groups is 1. The molecule has 1 fully saturated rings. The molecule has 0 saturated carbocycles. The molecule has 0 amide bonds. The van der Waals surface area contributed by atoms with Gasteiger partial charge in [-0.05, 0) is 49.0 Å². The zero-order valence-corrected chi connectivity index (χ0v) is 10.4. The number of hydrogen-bond donors (Lipinski definition) is 2. The lowest BCUT2D eigenvalue weighted by Gasteiger charge is -2.35. The van der Waals surface area contributed by atoms with Crippen molar-refractivity contribution in [1.29, 1.82) is 0 Å². The summed E-state index contributed by atoms with van der Waals surface area (Å²) in [6.45, 7) is 3.33. The van der Waals surface area contributed by atoms with Crippen LogP contribution < -0.4 is 5.32 Å². The summed E-state index contributed by atoms with van der Waals surface area (Å²) in [7, 11) is 0. The first-order valence-corrected chi connectivity index (χ1v) is 6.28. The number of hydrogen-bond acceptors (Lipinski definition) is 2. The lowest BCUT2D eigenvalue weighted by molar-refractivity contribution is -0.143. The molecule has 1 aliphatic rings. The summed E-state index contributed by atoms with van der Waals surface area (Å²) in [6.07, 6.45) is 0.897. The number of carboxylic acids is 1. The Morgan fingerprint density at radius 2 is 2.11 bits per heavy atom. The molecule has 1 saturated heterocycles. The number of benzene rings is 1. The minimum absolute atomic E-state index is 0.0571. The first kappa shape index (κ1) is 13.0. The summed E-state index contributed by atoms with van der Waals surface area (Å²) in [5.41, 5.74) is 1.04. The van der Waals surface area contributed by atoms with E-state index in [0.29, 0.717) is 6.54 Å². The minimum Gasteiger partial charge on any atom is -0.481 e. The van der Waals surface area contributed by atoms with Crippen molar-refractivity contribution in [3.8, 4) is 0 Å². The molecule has 4 heteroatoms. The van der Waals surface area contributed by atoms with Gasteiger partial charge in [0.15, 0.2) is 0 Å². The van der Waals surface area contributed by atoms with Crippen LogP contribution in [0.4, 0.5) is 4.39 Å². The highest BCUT2D eigenvalue weighted by Crippen LogP contribution is 2.35. The van der Waals surface area contributed by atoms with E-state index in [2.05, 4.69) is 5.32 Å². The number of carboxylic acid groups (broad SMARTS) is 1. The second kappa shape index (κ2) is 5.48. The molecule has 3 unspecified atom stereocenters. The summed E-state index contributed by atoms with van der Waals surface area (Å²) in [5.74, 6) is -1.17. The molecule has 1 heterocycles. The predicted molar refractivity (Wildman–Crippen MR) is 66.9 cm³/mol. The molecule has 1 aromatic rings. The van der Waals surface area contributed by atoms with Crippen LogP contribution in [0.2, 0.25) is 0 Å². The zero-order valence-electron chi connectivity index (χ0n) is 10.4. The van der Waals surface area contributed by atoms with Crippen molar-refractivity contribution >= 4 is 5.97 Å². The van der Waals surface area contributed by atoms with Crippen LogP contribution in [0.5, 0.6) is 0 Å². The van der Waals surface area contributed by atoms with E-state index in [1.807, 2.05) is 0 Å². The van der Waals surface area contributed by atoms with Crippen LogP contribution in [0.25, 0.3) is 0 Å². The van der Waals surface area contributed by atoms with Crippen LogP contribution in [0.1, 0.15) is 24.8 Å². The van der Waals surface area contributed by atoms with Gasteiger partial charge >= 0.3 is 5.97 Å². The first-order chi connectivity index (χ1) is 8.59. The highest BCUT2D eigenvalue weighted by molar-refractivity contribution is 5.70. The van der Waals surface area contributed by atoms with Crippen molar-refractivity contribution in [2.24, 2.45) is 11.8 Å². The van der Waals surface area contributed by atoms with E-state index < -0.39 is 11.9 Å². The van der Waals surface area contributed by atoms with Gasteiger partial charge in [0.05, 0.1) is 5.92 Å². The summed E-state index contributed by atoms with van der Waals surface area (Å²) >= 11 is 0. The van der Waals surface area contributed by atoms with Crippen LogP contribution >= 0.6 is 0 Å². The Kier molecular flexibility index (Phi) is 3.97. The number of nitrogens with one attached hydrogen (secondary N) is 1. The van der Waals surface area contributed by atoms with Gasteiger partial charge in [-0.1, -0.05) is 19.1 Å². The van der Waals surface area contributed by atoms with Gasteiger partial charge in [0, 0.05) is 0 Å². The molecule has 0 aromatic heterocycles. The molecule has 1 aliphatic heterocycles. The maximum atomic E-state index is 12.9. The van der Waals surface area contributed by atoms with Crippen molar-refractivity contribution in [2.75, 3.05) is 13.1 Å². The fourth-order valence-electron chi connectivity index (χ4n) is 2.71. The molecule has 0 spiro atoms. The van der Waals surface area contributed by atoms with Crippen molar-refractivity contribution in [3.05, 3.63) is 35.6 Å². The van der Waals surface area contributed by atoms with Crippen LogP contribution in [0.3, 0.4) is 0 Å². The van der Waals surface area contributed by atoms with Gasteiger partial charge in [-0.2, -0.15) is 0 Å². The molecule has 0 bridgehead atoms. The SMILES string of the molecule is CC(C(=O)O)C1CNCCC1c1ccc(F)cc1. The molecule has 1 aromatic carbocycles. The first-order valence-electron chi connectivity index (χ1n) is 6.28. The molecule has 2 N–H and O–H groups in total. The normalized spacial score (nSPS) is 25.7. The van der Waals surface area contributed by atoms with Crippen LogP contribution in [0, 0.1) is 17.7 Å². The third kappa shape index (κ3) is 2.70. The summed E-state index contributed by atoms with van der Waals surface area (Å²) < 4.78 is 12.9. The fourth-order valence-corrected chi connectivity index (χ4v) is 2.71. The van der Waals surface area contributed by atoms with Crippen LogP contribution in [-0.2, 0) is 4.79 Å². The Bertz CT molecular complexity index is 418. The number of halogens is 1. The van der Waals surface area contributed by atoms with Gasteiger partial charge in [0.25, 0.3) is 0 Å². The topological polar surface area (TPSA) is 49.3 Å². The maximum absolute atomic E-state index is 12.9. The summed E-state index contributed by atoms with van der Waals surface area (Å²) in [4.78, 5) is 11.1. The molecule has 18 heavy (non-hydrogen) atoms. The molecular formula is C14H18FNO2. The smallest absolute Gasteiger partial charge is 0.306 e. The monoisotopic (exact) mass is 251 g/mol. The summed E-state index contributed by atoms with van der Waals surface area (Å²) in [5, 5.41) is 12.4. The van der Waals surface area contributed by atoms with Crippen molar-refractivity contribution in [3.63, 3.8) is 0 Å². The molecule has 0 aliphatic carbocycles. The van der Waals surface area contributed by atoms with Crippen LogP contribution in [0.15, 0.2) is 24.3 Å². The molecule has 2 rings (SSSR count). The minimum atomic E-state index is -0.768. The fraction of sp³-hybridized carbons (Fsp3) is 0.500. The second-order valence-electron chi connectivity index (χ2n) is 4.94. The Balaban J connectivity index is 2.22. The van der Waals surface area contributed by atoms with Crippen molar-refractivity contribution < 1.29 is 14.3 Å². The number of piperidine rings is 1. The van der Waals surface area contributed by atoms with E-state index in [0.717, 1.165) is 18.5 Å². The third-order valence-corrected chi connectivity index (χ3v) is 3.86. The highest BCUT2D eigenvalue weighted by Gasteiger charge is 2.33. The average Bonchev–Trinajstić information content (AvgIpc) is 2.39. The Hall–Kier alpha value is -1.42. The van der Waals surface area contributed by atoms with E-state index in [1.165, 1.54) is 12.1 Å². The van der Waals surface area contributed by atoms with Gasteiger partial charge in [0.1, 0.15) is 5.82 Å². The van der Waals surface area contributed by atoms with Crippen molar-refractivity contribution in [1.82, 2.24) is 5.32 Å². The van der Waals surface area contributed by atoms with Gasteiger partial charge in [0.2, 0.25) is 0 Å². The van der Waals surface area contributed by atoms with E-state index >= 15 is 0 Å². The standard InChI is InChI=1S/C14H18FNO2/c1-9(14(17)18)13-8-16-7-6-12(13)10-2-4-11(15)5-3-10/h2-5,9,12-13,16H,6-8H2,1H3,(H,17,18). The van der Waals surface area contributed by atoms with E-state index in [4.69, 9.17) is 5.11 Å². The molecular weight excluding hydrogens is 233 g/mol. The lowest BCUT2D eigenvalue weighted by Crippen LogP contribution is -2.40. The molecule has 98 valence electrons. The number of rotatable bonds is 3. The van der Waals surface area contributed by atoms with Gasteiger partial charge in [-0.15, -0.1) is 0 Å². The average molecular weight is 251 g/mol. The zero-order chi connectivity index (χ0) is 13.1. The van der Waals surface area contributed by atoms with Gasteiger partial charge in [-0.3, -0.25) is 4.79 Å². The molecule has 0 radical (unpaired) electrons. The largest absolute Gasteiger partial charge is 0.481 e. The Labute approximate surface area is 106 Å². The van der Waals surface area contributed by atoms with E-state index in [1.54, 1.807) is 19.1 Å². The Morgan fingerprint density at radius 3 is 2.72 bits per heavy atom. The quantitative estimate of drug-likeness (QED) is 0.866. The van der Waals surface area contributed by atoms with Crippen LogP contribution in [-0.4, -0.2) is 24.2 Å². The maximum Gasteiger partial charge on any atom is 0.306 e. The summed E-state index contributed by atoms with van der Waals surface area (Å²) in [6, 6.07) is 6.43. The molecule has 3 atom stereocenters. The lowest BCUT2D eigenvalue weighted by atomic mass is 9.75. The highest BCUT2D eigenvalue weighted by atomic mass is 19.1. The third-order valence-electron chi connectivity index (χ3n) is 3.86. The number of aliphatic carboxylic acids is 1. The van der Waals surface area contributed by atoms with Gasteiger partial charge in [-0.25, -0.2) is 4.39 Å². The molecule has 3 nitrogen and oxygen atoms in total. The van der Waals surface area contributed by atoms with E-state index in [-0.39, 0.29) is 17.7 Å². The van der Waals surface area contributed by atoms with Gasteiger partial charge < -0.3 is 10.4 Å². The Morgan fingerprint density at radius 1 is 1.44 bits per heavy atom. The van der Waals surface area contributed by atoms with E-state index in [9.17, 15) is 9.18 Å².